The summed E-state index contributed by atoms with van der Waals surface area (Å²) < 4.78 is 0. The predicted octanol–water partition coefficient (Wildman–Crippen LogP) is 0.263. The molecule has 0 amide bonds. The molecule has 0 saturated carbocycles. The van der Waals surface area contributed by atoms with Gasteiger partial charge in [-0.25, -0.2) is 0 Å². The standard InChI is InChI=1S/C3H9NS/c1-3(4)2-5/h3,5H,2,4H2,1H3/t3-/m0/s1. The molecular weight excluding hydrogens is 82.1 g/mol. The summed E-state index contributed by atoms with van der Waals surface area (Å²) in [5.74, 6) is 0.778. The molecule has 0 aromatic carbocycles. The lowest BCUT2D eigenvalue weighted by Gasteiger charge is -1.91. The highest BCUT2D eigenvalue weighted by Gasteiger charge is 1.80. The van der Waals surface area contributed by atoms with Crippen molar-refractivity contribution in [1.29, 1.82) is 0 Å². The highest BCUT2D eigenvalue weighted by atomic mass is 32.1. The van der Waals surface area contributed by atoms with Crippen molar-refractivity contribution in [3.8, 4) is 0 Å². The van der Waals surface area contributed by atoms with Crippen LogP contribution < -0.4 is 5.73 Å². The summed E-state index contributed by atoms with van der Waals surface area (Å²) in [7, 11) is 0. The van der Waals surface area contributed by atoms with E-state index in [9.17, 15) is 0 Å². The lowest BCUT2D eigenvalue weighted by Crippen LogP contribution is -2.15. The van der Waals surface area contributed by atoms with Crippen LogP contribution >= 0.6 is 12.6 Å². The summed E-state index contributed by atoms with van der Waals surface area (Å²) in [5.41, 5.74) is 5.22. The Morgan fingerprint density at radius 3 is 2.20 bits per heavy atom. The van der Waals surface area contributed by atoms with Gasteiger partial charge in [0.1, 0.15) is 0 Å². The van der Waals surface area contributed by atoms with Gasteiger partial charge >= 0.3 is 0 Å². The van der Waals surface area contributed by atoms with Gasteiger partial charge in [-0.3, -0.25) is 0 Å². The maximum atomic E-state index is 5.22. The number of nitrogens with two attached hydrogens (primary N) is 1. The van der Waals surface area contributed by atoms with Crippen molar-refractivity contribution in [3.05, 3.63) is 0 Å². The minimum absolute atomic E-state index is 0.248. The molecule has 0 spiro atoms. The minimum atomic E-state index is 0.248. The van der Waals surface area contributed by atoms with Crippen LogP contribution in [0.4, 0.5) is 0 Å². The summed E-state index contributed by atoms with van der Waals surface area (Å²) in [5, 5.41) is 0. The Morgan fingerprint density at radius 2 is 2.20 bits per heavy atom. The molecule has 0 aliphatic rings. The van der Waals surface area contributed by atoms with E-state index >= 15 is 0 Å². The average Bonchev–Trinajstić information content (AvgIpc) is 1.38. The molecule has 1 atom stereocenters. The quantitative estimate of drug-likeness (QED) is 0.445. The molecule has 5 heavy (non-hydrogen) atoms. The fraction of sp³-hybridized carbons (Fsp3) is 1.00. The van der Waals surface area contributed by atoms with Crippen LogP contribution in [0, 0.1) is 0 Å². The van der Waals surface area contributed by atoms with E-state index < -0.39 is 0 Å². The third-order valence-electron chi connectivity index (χ3n) is 0.288. The fourth-order valence-electron chi connectivity index (χ4n) is 0. The number of thiol groups is 1. The molecule has 1 nitrogen and oxygen atoms in total. The van der Waals surface area contributed by atoms with Crippen LogP contribution in [0.25, 0.3) is 0 Å². The highest BCUT2D eigenvalue weighted by Crippen LogP contribution is 1.75. The zero-order valence-electron chi connectivity index (χ0n) is 3.31. The molecule has 2 N–H and O–H groups in total. The van der Waals surface area contributed by atoms with Gasteiger partial charge in [0.05, 0.1) is 0 Å². The third kappa shape index (κ3) is 4.31. The van der Waals surface area contributed by atoms with Gasteiger partial charge in [-0.1, -0.05) is 0 Å². The molecular formula is C3H9NS. The molecule has 0 radical (unpaired) electrons. The first-order valence-electron chi connectivity index (χ1n) is 1.64. The summed E-state index contributed by atoms with van der Waals surface area (Å²) in [6.45, 7) is 1.92. The Labute approximate surface area is 38.0 Å². The van der Waals surface area contributed by atoms with Gasteiger partial charge in [0.25, 0.3) is 0 Å². The molecule has 0 fully saturated rings. The van der Waals surface area contributed by atoms with Gasteiger partial charge in [-0.05, 0) is 6.92 Å². The van der Waals surface area contributed by atoms with E-state index in [2.05, 4.69) is 12.6 Å². The SMILES string of the molecule is C[C@H](N)CS. The zero-order chi connectivity index (χ0) is 4.28. The largest absolute Gasteiger partial charge is 0.327 e. The van der Waals surface area contributed by atoms with Gasteiger partial charge in [-0.2, -0.15) is 12.6 Å². The predicted molar refractivity (Wildman–Crippen MR) is 27.5 cm³/mol. The van der Waals surface area contributed by atoms with Gasteiger partial charge in [0.15, 0.2) is 0 Å². The second kappa shape index (κ2) is 2.54. The molecule has 32 valence electrons. The first-order valence-corrected chi connectivity index (χ1v) is 2.27. The van der Waals surface area contributed by atoms with Gasteiger partial charge in [-0.15, -0.1) is 0 Å². The Balaban J connectivity index is 2.54. The van der Waals surface area contributed by atoms with Crippen LogP contribution in [0.1, 0.15) is 6.92 Å². The Kier molecular flexibility index (Phi) is 2.70. The lowest BCUT2D eigenvalue weighted by molar-refractivity contribution is 0.850. The normalized spacial score (nSPS) is 15.0. The van der Waals surface area contributed by atoms with Crippen LogP contribution in [-0.4, -0.2) is 11.8 Å². The van der Waals surface area contributed by atoms with Crippen LogP contribution in [0.15, 0.2) is 0 Å². The van der Waals surface area contributed by atoms with Crippen molar-refractivity contribution in [2.24, 2.45) is 5.73 Å². The minimum Gasteiger partial charge on any atom is -0.327 e. The smallest absolute Gasteiger partial charge is 0.00989 e. The van der Waals surface area contributed by atoms with Crippen molar-refractivity contribution in [2.45, 2.75) is 13.0 Å². The summed E-state index contributed by atoms with van der Waals surface area (Å²) >= 11 is 3.89. The van der Waals surface area contributed by atoms with Gasteiger partial charge in [0.2, 0.25) is 0 Å². The van der Waals surface area contributed by atoms with Crippen LogP contribution in [-0.2, 0) is 0 Å². The van der Waals surface area contributed by atoms with E-state index in [1.807, 2.05) is 6.92 Å². The van der Waals surface area contributed by atoms with Crippen molar-refractivity contribution < 1.29 is 0 Å². The van der Waals surface area contributed by atoms with E-state index in [1.54, 1.807) is 0 Å². The monoisotopic (exact) mass is 91.0 g/mol. The molecule has 0 aromatic rings. The van der Waals surface area contributed by atoms with Crippen molar-refractivity contribution in [2.75, 3.05) is 5.75 Å². The van der Waals surface area contributed by atoms with E-state index in [4.69, 9.17) is 5.73 Å². The summed E-state index contributed by atoms with van der Waals surface area (Å²) in [6.07, 6.45) is 0. The van der Waals surface area contributed by atoms with Gasteiger partial charge < -0.3 is 5.73 Å². The topological polar surface area (TPSA) is 26.0 Å². The maximum Gasteiger partial charge on any atom is 0.00989 e. The summed E-state index contributed by atoms with van der Waals surface area (Å²) in [6, 6.07) is 0.248. The molecule has 0 unspecified atom stereocenters. The maximum absolute atomic E-state index is 5.22. The highest BCUT2D eigenvalue weighted by molar-refractivity contribution is 7.80. The molecule has 0 aliphatic heterocycles. The van der Waals surface area contributed by atoms with E-state index in [1.165, 1.54) is 0 Å². The average molecular weight is 91.2 g/mol. The molecule has 0 bridgehead atoms. The van der Waals surface area contributed by atoms with Crippen molar-refractivity contribution >= 4 is 12.6 Å². The van der Waals surface area contributed by atoms with E-state index in [0.717, 1.165) is 5.75 Å². The first kappa shape index (κ1) is 5.31. The second-order valence-corrected chi connectivity index (χ2v) is 1.53. The Morgan fingerprint density at radius 1 is 2.00 bits per heavy atom. The number of hydrogen-bond acceptors (Lipinski definition) is 2. The first-order chi connectivity index (χ1) is 2.27. The number of hydrogen-bond donors (Lipinski definition) is 2. The second-order valence-electron chi connectivity index (χ2n) is 1.16. The third-order valence-corrected chi connectivity index (χ3v) is 0.864. The summed E-state index contributed by atoms with van der Waals surface area (Å²) in [4.78, 5) is 0. The fourth-order valence-corrected chi connectivity index (χ4v) is 0. The lowest BCUT2D eigenvalue weighted by atomic mass is 10.4. The Hall–Kier alpha value is 0.310. The van der Waals surface area contributed by atoms with E-state index in [-0.39, 0.29) is 6.04 Å². The molecule has 0 aliphatic carbocycles. The molecule has 2 heteroatoms. The van der Waals surface area contributed by atoms with Crippen LogP contribution in [0.3, 0.4) is 0 Å². The van der Waals surface area contributed by atoms with Crippen LogP contribution in [0.5, 0.6) is 0 Å². The van der Waals surface area contributed by atoms with Crippen molar-refractivity contribution in [1.82, 2.24) is 0 Å². The molecule has 0 aromatic heterocycles. The molecule has 0 heterocycles. The van der Waals surface area contributed by atoms with E-state index in [0.29, 0.717) is 0 Å². The van der Waals surface area contributed by atoms with Crippen LogP contribution in [0.2, 0.25) is 0 Å². The Bertz CT molecular complexity index is 20.9. The molecule has 0 saturated heterocycles. The zero-order valence-corrected chi connectivity index (χ0v) is 4.20. The van der Waals surface area contributed by atoms with Gasteiger partial charge in [0, 0.05) is 11.8 Å². The number of rotatable bonds is 1. The van der Waals surface area contributed by atoms with Crippen molar-refractivity contribution in [3.63, 3.8) is 0 Å². The molecule has 0 rings (SSSR count).